The Kier molecular flexibility index (Phi) is 28.4. The fourth-order valence-electron chi connectivity index (χ4n) is 17.5. The van der Waals surface area contributed by atoms with Crippen LogP contribution in [0.1, 0.15) is 112 Å². The molecule has 638 valence electrons. The number of hydrogen-bond donors (Lipinski definition) is 0. The highest BCUT2D eigenvalue weighted by molar-refractivity contribution is 7.00. The van der Waals surface area contributed by atoms with Crippen molar-refractivity contribution in [1.29, 1.82) is 0 Å². The van der Waals surface area contributed by atoms with Gasteiger partial charge in [-0.15, -0.1) is 0 Å². The van der Waals surface area contributed by atoms with Crippen LogP contribution in [0.25, 0.3) is 0 Å². The number of rotatable bonds is 32. The molecule has 10 aromatic carbocycles. The number of hydrogen-bond acceptors (Lipinski definition) is 19. The third-order valence-corrected chi connectivity index (χ3v) is 33.4. The van der Waals surface area contributed by atoms with Crippen molar-refractivity contribution in [3.63, 3.8) is 0 Å². The van der Waals surface area contributed by atoms with E-state index in [9.17, 15) is 9.59 Å². The smallest absolute Gasteiger partial charge is 0.338 e. The molecule has 0 radical (unpaired) electrons. The largest absolute Gasteiger partial charge is 0.493 e. The fraction of sp³-hybridized carbons (Fsp3) is 0.366. The van der Waals surface area contributed by atoms with Crippen molar-refractivity contribution >= 4 is 49.3 Å². The maximum atomic E-state index is 14.6. The molecule has 0 aliphatic carbocycles. The van der Waals surface area contributed by atoms with Crippen LogP contribution in [-0.4, -0.2) is 158 Å². The quantitative estimate of drug-likeness (QED) is 0.0285. The van der Waals surface area contributed by atoms with Gasteiger partial charge in [-0.25, -0.2) is 9.59 Å². The van der Waals surface area contributed by atoms with E-state index < -0.39 is 155 Å². The first kappa shape index (κ1) is 87.5. The number of benzene rings is 10. The van der Waals surface area contributed by atoms with Crippen molar-refractivity contribution < 1.29 is 89.5 Å². The Morgan fingerprint density at radius 3 is 1.01 bits per heavy atom. The standard InChI is InChI=1S/C101H112O19Si2/c1-69-84(115-94(102)75-49-29-15-30-50-75)88(105-63-71-41-21-11-22-42-71)91(107-65-73-45-25-13-26-46-73)96(111-69)113-81-61-62-104-82(67-109-121(99(3,4)5,77-53-33-17-34-54-77)78-55-35-18-36-56-78)86(81)117-98-93(90-87(119-101(9,10)120-90)83(114-98)68-110-122(100(6,7)8,79-57-37-19-38-58-79)80-59-39-20-40-60-80)118-97-92(108-66-74-47-27-14-28-48-74)89(106-64-72-43-23-12-24-44-72)85(70(2)112-97)116-95(103)76-51-31-16-32-52-76/h11-62,69-70,81-93,96-98H,63-68H2,1-10H3/t69?,70?,81?,82?,83?,84-,85-,86+,87+,88?,89?,90+,91-,92-,93?,96+,97?,98+/m1/s1. The van der Waals surface area contributed by atoms with Gasteiger partial charge in [-0.3, -0.25) is 0 Å². The van der Waals surface area contributed by atoms with Gasteiger partial charge in [0.15, 0.2) is 36.9 Å². The Morgan fingerprint density at radius 2 is 0.648 bits per heavy atom. The van der Waals surface area contributed by atoms with E-state index in [1.165, 1.54) is 0 Å². The molecule has 19 nitrogen and oxygen atoms in total. The zero-order valence-corrected chi connectivity index (χ0v) is 72.9. The molecule has 9 unspecified atom stereocenters. The highest BCUT2D eigenvalue weighted by atomic mass is 28.4. The second kappa shape index (κ2) is 39.6. The van der Waals surface area contributed by atoms with Crippen LogP contribution < -0.4 is 20.7 Å². The Labute approximate surface area is 718 Å². The summed E-state index contributed by atoms with van der Waals surface area (Å²) in [6, 6.07) is 98.6. The molecule has 0 aromatic heterocycles. The Hall–Kier alpha value is -9.45. The summed E-state index contributed by atoms with van der Waals surface area (Å²) >= 11 is 0. The minimum atomic E-state index is -3.42. The molecule has 0 bridgehead atoms. The van der Waals surface area contributed by atoms with E-state index in [-0.39, 0.29) is 39.6 Å². The maximum Gasteiger partial charge on any atom is 0.338 e. The van der Waals surface area contributed by atoms with Crippen molar-refractivity contribution in [2.45, 2.75) is 222 Å². The summed E-state index contributed by atoms with van der Waals surface area (Å²) in [4.78, 5) is 29.1. The van der Waals surface area contributed by atoms with Crippen molar-refractivity contribution in [3.05, 3.63) is 349 Å². The van der Waals surface area contributed by atoms with E-state index >= 15 is 0 Å². The van der Waals surface area contributed by atoms with Crippen molar-refractivity contribution in [2.75, 3.05) is 13.2 Å². The Morgan fingerprint density at radius 1 is 0.344 bits per heavy atom. The zero-order chi connectivity index (χ0) is 84.9. The van der Waals surface area contributed by atoms with Gasteiger partial charge >= 0.3 is 11.9 Å². The summed E-state index contributed by atoms with van der Waals surface area (Å²) in [5.74, 6) is -2.44. The molecule has 18 atom stereocenters. The van der Waals surface area contributed by atoms with E-state index in [0.29, 0.717) is 11.1 Å². The fourth-order valence-corrected chi connectivity index (χ4v) is 26.6. The molecule has 0 spiro atoms. The topological polar surface area (TPSA) is 191 Å². The molecule has 0 amide bonds. The molecule has 0 saturated carbocycles. The summed E-state index contributed by atoms with van der Waals surface area (Å²) < 4.78 is 125. The first-order valence-corrected chi connectivity index (χ1v) is 46.2. The Balaban J connectivity index is 0.881. The normalized spacial score (nSPS) is 26.6. The molecular formula is C101H112O19Si2. The summed E-state index contributed by atoms with van der Waals surface area (Å²) in [7, 11) is -6.80. The van der Waals surface area contributed by atoms with E-state index in [2.05, 4.69) is 139 Å². The monoisotopic (exact) mass is 1680 g/mol. The van der Waals surface area contributed by atoms with Crippen LogP contribution in [0.2, 0.25) is 10.1 Å². The second-order valence-corrected chi connectivity index (χ2v) is 42.9. The number of carbonyl (C=O) groups excluding carboxylic acids is 2. The molecule has 15 rings (SSSR count). The zero-order valence-electron chi connectivity index (χ0n) is 70.9. The van der Waals surface area contributed by atoms with Gasteiger partial charge in [0.1, 0.15) is 67.1 Å². The van der Waals surface area contributed by atoms with Crippen LogP contribution in [0.4, 0.5) is 0 Å². The number of ether oxygens (including phenoxy) is 15. The molecule has 5 heterocycles. The number of esters is 2. The van der Waals surface area contributed by atoms with E-state index in [1.54, 1.807) is 60.9 Å². The first-order chi connectivity index (χ1) is 59.1. The lowest BCUT2D eigenvalue weighted by atomic mass is 9.96. The molecule has 5 aliphatic rings. The lowest BCUT2D eigenvalue weighted by Crippen LogP contribution is -2.69. The summed E-state index contributed by atoms with van der Waals surface area (Å²) in [6.45, 7) is 21.0. The third-order valence-electron chi connectivity index (χ3n) is 23.4. The lowest BCUT2D eigenvalue weighted by molar-refractivity contribution is -0.376. The molecule has 10 aromatic rings. The molecule has 4 fully saturated rings. The molecule has 5 aliphatic heterocycles. The van der Waals surface area contributed by atoms with Crippen molar-refractivity contribution in [2.24, 2.45) is 0 Å². The van der Waals surface area contributed by atoms with Gasteiger partial charge in [0, 0.05) is 0 Å². The van der Waals surface area contributed by atoms with E-state index in [1.807, 2.05) is 185 Å². The molecular weight excluding hydrogens is 1570 g/mol. The molecule has 122 heavy (non-hydrogen) atoms. The SMILES string of the molecule is CC1OC(OC2[C@H](O[C@H]3C(O[C@@H]4OC(C)[C@@H](OC(=O)c5ccccc5)C(OCc5ccccc5)[C@H]4OCc4ccccc4)C=COC3CO[Si](c3ccccc3)(c3ccccc3)C(C)(C)C)OC(CO[Si](c3ccccc3)(c3ccccc3)C(C)(C)C)[C@@H]3OC(C)(C)O[C@H]23)[C@H](OCc2ccccc2)C(OCc2ccccc2)[C@@H]1OC(=O)c1ccccc1. The maximum absolute atomic E-state index is 14.6. The van der Waals surface area contributed by atoms with Crippen molar-refractivity contribution in [1.82, 2.24) is 0 Å². The van der Waals surface area contributed by atoms with Gasteiger partial charge in [0.25, 0.3) is 16.6 Å². The minimum absolute atomic E-state index is 0.0277. The minimum Gasteiger partial charge on any atom is -0.493 e. The molecule has 0 N–H and O–H groups in total. The van der Waals surface area contributed by atoms with Gasteiger partial charge in [-0.1, -0.05) is 321 Å². The third kappa shape index (κ3) is 20.2. The van der Waals surface area contributed by atoms with Crippen LogP contribution in [0, 0.1) is 0 Å². The summed E-state index contributed by atoms with van der Waals surface area (Å²) in [5, 5.41) is 3.21. The molecule has 4 saturated heterocycles. The van der Waals surface area contributed by atoms with E-state index in [4.69, 9.17) is 79.9 Å². The van der Waals surface area contributed by atoms with Gasteiger partial charge in [-0.05, 0) is 111 Å². The second-order valence-electron chi connectivity index (χ2n) is 34.3. The average Bonchev–Trinajstić information content (AvgIpc) is 1.15. The highest BCUT2D eigenvalue weighted by Gasteiger charge is 2.62. The average molecular weight is 1690 g/mol. The summed E-state index contributed by atoms with van der Waals surface area (Å²) in [6.07, 6.45) is -16.6. The number of fused-ring (bicyclic) bond motifs is 1. The van der Waals surface area contributed by atoms with Crippen molar-refractivity contribution in [3.8, 4) is 0 Å². The van der Waals surface area contributed by atoms with E-state index in [0.717, 1.165) is 43.0 Å². The predicted molar refractivity (Wildman–Crippen MR) is 468 cm³/mol. The van der Waals surface area contributed by atoms with Crippen LogP contribution in [-0.2, 0) is 106 Å². The van der Waals surface area contributed by atoms with Gasteiger partial charge in [0.2, 0.25) is 0 Å². The number of carbonyl (C=O) groups is 2. The predicted octanol–water partition coefficient (Wildman–Crippen LogP) is 15.7. The molecule has 21 heteroatoms. The highest BCUT2D eigenvalue weighted by Crippen LogP contribution is 2.46. The summed E-state index contributed by atoms with van der Waals surface area (Å²) in [5.41, 5.74) is 4.11. The van der Waals surface area contributed by atoms with Crippen LogP contribution >= 0.6 is 0 Å². The van der Waals surface area contributed by atoms with Gasteiger partial charge in [0.05, 0.1) is 69.2 Å². The van der Waals surface area contributed by atoms with Gasteiger partial charge < -0.3 is 79.9 Å². The van der Waals surface area contributed by atoms with Crippen LogP contribution in [0.3, 0.4) is 0 Å². The van der Waals surface area contributed by atoms with Gasteiger partial charge in [-0.2, -0.15) is 0 Å². The van der Waals surface area contributed by atoms with Crippen LogP contribution in [0.5, 0.6) is 0 Å². The first-order valence-electron chi connectivity index (χ1n) is 42.4. The Bertz CT molecular complexity index is 4850. The van der Waals surface area contributed by atoms with Crippen LogP contribution in [0.15, 0.2) is 316 Å². The lowest BCUT2D eigenvalue weighted by Gasteiger charge is -2.50.